The molecule has 0 bridgehead atoms. The normalized spacial score (nSPS) is 20.7. The zero-order valence-corrected chi connectivity index (χ0v) is 12.3. The molecule has 1 saturated heterocycles. The summed E-state index contributed by atoms with van der Waals surface area (Å²) in [5.41, 5.74) is -0.485. The zero-order valence-electron chi connectivity index (χ0n) is 12.3. The molecule has 1 aromatic carbocycles. The summed E-state index contributed by atoms with van der Waals surface area (Å²) in [7, 11) is 0. The summed E-state index contributed by atoms with van der Waals surface area (Å²) in [5, 5.41) is 18.8. The van der Waals surface area contributed by atoms with Crippen LogP contribution in [-0.2, 0) is 4.74 Å². The molecule has 0 spiro atoms. The molecule has 20 heavy (non-hydrogen) atoms. The molecule has 1 aromatic rings. The number of phenolic OH excluding ortho intramolecular Hbond substituents is 2. The molecular formula is C15H21NO4. The number of carbonyl (C=O) groups excluding carboxylic acids is 1. The number of hydrogen-bond acceptors (Lipinski definition) is 4. The molecule has 0 saturated carbocycles. The van der Waals surface area contributed by atoms with Crippen LogP contribution in [0.4, 0.5) is 0 Å². The van der Waals surface area contributed by atoms with E-state index in [4.69, 9.17) is 4.74 Å². The number of amides is 1. The lowest BCUT2D eigenvalue weighted by molar-refractivity contribution is -0.171. The van der Waals surface area contributed by atoms with Crippen LogP contribution in [0.2, 0.25) is 0 Å². The maximum atomic E-state index is 12.5. The average molecular weight is 279 g/mol. The third-order valence-corrected chi connectivity index (χ3v) is 3.21. The van der Waals surface area contributed by atoms with Crippen LogP contribution in [0.15, 0.2) is 18.2 Å². The molecule has 2 rings (SSSR count). The highest BCUT2D eigenvalue weighted by Crippen LogP contribution is 2.30. The quantitative estimate of drug-likeness (QED) is 0.773. The monoisotopic (exact) mass is 279 g/mol. The molecule has 0 aliphatic carbocycles. The van der Waals surface area contributed by atoms with Crippen molar-refractivity contribution in [2.24, 2.45) is 0 Å². The highest BCUT2D eigenvalue weighted by molar-refractivity contribution is 5.95. The molecule has 0 unspecified atom stereocenters. The molecule has 1 aliphatic rings. The minimum Gasteiger partial charge on any atom is -0.504 e. The van der Waals surface area contributed by atoms with Crippen LogP contribution in [0.5, 0.6) is 11.5 Å². The molecule has 2 N–H and O–H groups in total. The van der Waals surface area contributed by atoms with Crippen LogP contribution in [0.1, 0.15) is 38.1 Å². The van der Waals surface area contributed by atoms with E-state index in [1.807, 2.05) is 27.7 Å². The van der Waals surface area contributed by atoms with Crippen molar-refractivity contribution in [1.82, 2.24) is 4.90 Å². The van der Waals surface area contributed by atoms with E-state index in [1.165, 1.54) is 18.2 Å². The summed E-state index contributed by atoms with van der Waals surface area (Å²) in [5.74, 6) is -0.698. The fourth-order valence-electron chi connectivity index (χ4n) is 2.77. The van der Waals surface area contributed by atoms with Crippen molar-refractivity contribution in [1.29, 1.82) is 0 Å². The van der Waals surface area contributed by atoms with Gasteiger partial charge in [0.2, 0.25) is 0 Å². The molecule has 5 nitrogen and oxygen atoms in total. The Morgan fingerprint density at radius 2 is 1.65 bits per heavy atom. The second kappa shape index (κ2) is 4.66. The van der Waals surface area contributed by atoms with Gasteiger partial charge in [0.1, 0.15) is 0 Å². The first-order valence-electron chi connectivity index (χ1n) is 6.61. The van der Waals surface area contributed by atoms with Gasteiger partial charge in [-0.2, -0.15) is 0 Å². The van der Waals surface area contributed by atoms with Gasteiger partial charge in [0.15, 0.2) is 11.5 Å². The van der Waals surface area contributed by atoms with E-state index in [0.717, 1.165) is 0 Å². The molecule has 1 heterocycles. The Morgan fingerprint density at radius 1 is 1.10 bits per heavy atom. The minimum atomic E-state index is -0.420. The molecule has 1 fully saturated rings. The molecule has 5 heteroatoms. The first-order chi connectivity index (χ1) is 9.10. The SMILES string of the molecule is CC1(C)CN(C(=O)c2ccc(O)c(O)c2)CC(C)(C)O1. The van der Waals surface area contributed by atoms with Crippen LogP contribution in [0.25, 0.3) is 0 Å². The Labute approximate surface area is 118 Å². The summed E-state index contributed by atoms with van der Waals surface area (Å²) < 4.78 is 5.94. The van der Waals surface area contributed by atoms with Gasteiger partial charge in [0, 0.05) is 18.7 Å². The Kier molecular flexibility index (Phi) is 3.42. The first-order valence-corrected chi connectivity index (χ1v) is 6.61. The third kappa shape index (κ3) is 3.04. The van der Waals surface area contributed by atoms with Crippen LogP contribution in [-0.4, -0.2) is 45.3 Å². The van der Waals surface area contributed by atoms with Crippen molar-refractivity contribution in [2.75, 3.05) is 13.1 Å². The average Bonchev–Trinajstić information content (AvgIpc) is 2.27. The zero-order chi connectivity index (χ0) is 15.1. The number of benzene rings is 1. The van der Waals surface area contributed by atoms with Crippen molar-refractivity contribution in [3.8, 4) is 11.5 Å². The van der Waals surface area contributed by atoms with Crippen molar-refractivity contribution < 1.29 is 19.7 Å². The van der Waals surface area contributed by atoms with Gasteiger partial charge in [-0.05, 0) is 45.9 Å². The summed E-state index contributed by atoms with van der Waals surface area (Å²) in [4.78, 5) is 14.2. The Bertz CT molecular complexity index is 521. The van der Waals surface area contributed by atoms with Gasteiger partial charge >= 0.3 is 0 Å². The number of nitrogens with zero attached hydrogens (tertiary/aromatic N) is 1. The molecule has 0 radical (unpaired) electrons. The lowest BCUT2D eigenvalue weighted by Gasteiger charge is -2.47. The van der Waals surface area contributed by atoms with E-state index >= 15 is 0 Å². The van der Waals surface area contributed by atoms with E-state index < -0.39 is 11.2 Å². The number of rotatable bonds is 1. The standard InChI is InChI=1S/C15H21NO4/c1-14(2)8-16(9-15(3,4)20-14)13(19)10-5-6-11(17)12(18)7-10/h5-7,17-18H,8-9H2,1-4H3. The van der Waals surface area contributed by atoms with Crippen molar-refractivity contribution in [3.05, 3.63) is 23.8 Å². The first kappa shape index (κ1) is 14.7. The van der Waals surface area contributed by atoms with E-state index in [0.29, 0.717) is 18.7 Å². The van der Waals surface area contributed by atoms with Gasteiger partial charge in [0.25, 0.3) is 5.91 Å². The van der Waals surface area contributed by atoms with Gasteiger partial charge in [-0.1, -0.05) is 0 Å². The fourth-order valence-corrected chi connectivity index (χ4v) is 2.77. The van der Waals surface area contributed by atoms with Gasteiger partial charge in [-0.3, -0.25) is 4.79 Å². The van der Waals surface area contributed by atoms with Gasteiger partial charge in [-0.15, -0.1) is 0 Å². The van der Waals surface area contributed by atoms with E-state index in [1.54, 1.807) is 4.90 Å². The largest absolute Gasteiger partial charge is 0.504 e. The minimum absolute atomic E-state index is 0.176. The summed E-state index contributed by atoms with van der Waals surface area (Å²) >= 11 is 0. The lowest BCUT2D eigenvalue weighted by atomic mass is 9.98. The second-order valence-corrected chi connectivity index (χ2v) is 6.49. The van der Waals surface area contributed by atoms with Crippen LogP contribution in [0, 0.1) is 0 Å². The smallest absolute Gasteiger partial charge is 0.254 e. The van der Waals surface area contributed by atoms with E-state index in [2.05, 4.69) is 0 Å². The number of carbonyl (C=O) groups is 1. The van der Waals surface area contributed by atoms with Crippen LogP contribution < -0.4 is 0 Å². The second-order valence-electron chi connectivity index (χ2n) is 6.49. The topological polar surface area (TPSA) is 70.0 Å². The van der Waals surface area contributed by atoms with Crippen LogP contribution in [0.3, 0.4) is 0 Å². The predicted molar refractivity (Wildman–Crippen MR) is 74.9 cm³/mol. The molecule has 1 amide bonds. The van der Waals surface area contributed by atoms with E-state index in [9.17, 15) is 15.0 Å². The summed E-state index contributed by atoms with van der Waals surface area (Å²) in [6, 6.07) is 4.11. The van der Waals surface area contributed by atoms with E-state index in [-0.39, 0.29) is 17.4 Å². The Balaban J connectivity index is 2.26. The number of morpholine rings is 1. The van der Waals surface area contributed by atoms with Gasteiger partial charge < -0.3 is 19.8 Å². The number of aromatic hydroxyl groups is 2. The molecular weight excluding hydrogens is 258 g/mol. The maximum absolute atomic E-state index is 12.5. The third-order valence-electron chi connectivity index (χ3n) is 3.21. The van der Waals surface area contributed by atoms with Gasteiger partial charge in [-0.25, -0.2) is 0 Å². The number of hydrogen-bond donors (Lipinski definition) is 2. The predicted octanol–water partition coefficient (Wildman–Crippen LogP) is 2.13. The molecule has 110 valence electrons. The van der Waals surface area contributed by atoms with Crippen LogP contribution >= 0.6 is 0 Å². The fraction of sp³-hybridized carbons (Fsp3) is 0.533. The Morgan fingerprint density at radius 3 is 2.15 bits per heavy atom. The maximum Gasteiger partial charge on any atom is 0.254 e. The highest BCUT2D eigenvalue weighted by atomic mass is 16.5. The summed E-state index contributed by atoms with van der Waals surface area (Å²) in [6.45, 7) is 8.75. The highest BCUT2D eigenvalue weighted by Gasteiger charge is 2.40. The van der Waals surface area contributed by atoms with Crippen molar-refractivity contribution in [2.45, 2.75) is 38.9 Å². The van der Waals surface area contributed by atoms with Crippen molar-refractivity contribution >= 4 is 5.91 Å². The summed E-state index contributed by atoms with van der Waals surface area (Å²) in [6.07, 6.45) is 0. The van der Waals surface area contributed by atoms with Gasteiger partial charge in [0.05, 0.1) is 11.2 Å². The lowest BCUT2D eigenvalue weighted by Crippen LogP contribution is -2.58. The Hall–Kier alpha value is -1.75. The van der Waals surface area contributed by atoms with Crippen molar-refractivity contribution in [3.63, 3.8) is 0 Å². The molecule has 0 atom stereocenters. The molecule has 1 aliphatic heterocycles. The number of phenols is 2. The molecule has 0 aromatic heterocycles. The number of ether oxygens (including phenoxy) is 1.